The smallest absolute Gasteiger partial charge is 0.173 e. The number of hydrogen-bond donors (Lipinski definition) is 1. The van der Waals surface area contributed by atoms with E-state index in [0.29, 0.717) is 5.56 Å². The van der Waals surface area contributed by atoms with E-state index >= 15 is 0 Å². The van der Waals surface area contributed by atoms with Gasteiger partial charge in [0.1, 0.15) is 0 Å². The first-order valence-electron chi connectivity index (χ1n) is 3.74. The number of halogens is 2. The van der Waals surface area contributed by atoms with E-state index in [4.69, 9.17) is 21.4 Å². The van der Waals surface area contributed by atoms with Gasteiger partial charge in [-0.15, -0.1) is 0 Å². The molecule has 1 aromatic rings. The molecule has 0 fully saturated rings. The summed E-state index contributed by atoms with van der Waals surface area (Å²) in [6, 6.07) is 1.50. The van der Waals surface area contributed by atoms with Crippen LogP contribution in [0, 0.1) is 12.7 Å². The summed E-state index contributed by atoms with van der Waals surface area (Å²) in [5, 5.41) is 9.06. The van der Waals surface area contributed by atoms with Gasteiger partial charge in [-0.25, -0.2) is 4.39 Å². The minimum absolute atomic E-state index is 0.00860. The molecule has 0 radical (unpaired) electrons. The summed E-state index contributed by atoms with van der Waals surface area (Å²) in [5.74, 6) is -0.605. The van der Waals surface area contributed by atoms with Crippen LogP contribution in [0.4, 0.5) is 4.39 Å². The van der Waals surface area contributed by atoms with Gasteiger partial charge in [0.05, 0.1) is 18.7 Å². The number of ether oxygens (including phenoxy) is 1. The molecular formula is C9H10ClFO2. The molecule has 1 aromatic carbocycles. The van der Waals surface area contributed by atoms with Crippen LogP contribution in [0.1, 0.15) is 11.1 Å². The van der Waals surface area contributed by atoms with E-state index in [0.717, 1.165) is 0 Å². The Morgan fingerprint density at radius 2 is 2.23 bits per heavy atom. The molecule has 0 atom stereocenters. The maximum absolute atomic E-state index is 13.3. The summed E-state index contributed by atoms with van der Waals surface area (Å²) in [6.45, 7) is 1.36. The lowest BCUT2D eigenvalue weighted by atomic mass is 10.1. The average Bonchev–Trinajstić information content (AvgIpc) is 2.12. The molecule has 0 aliphatic rings. The highest BCUT2D eigenvalue weighted by atomic mass is 35.5. The van der Waals surface area contributed by atoms with Crippen LogP contribution in [0.2, 0.25) is 5.02 Å². The van der Waals surface area contributed by atoms with Crippen molar-refractivity contribution in [3.05, 3.63) is 28.0 Å². The second kappa shape index (κ2) is 3.94. The number of aliphatic hydroxyl groups is 1. The van der Waals surface area contributed by atoms with E-state index in [9.17, 15) is 4.39 Å². The highest BCUT2D eigenvalue weighted by molar-refractivity contribution is 6.32. The second-order valence-electron chi connectivity index (χ2n) is 2.67. The highest BCUT2D eigenvalue weighted by Crippen LogP contribution is 2.32. The van der Waals surface area contributed by atoms with Gasteiger partial charge < -0.3 is 9.84 Å². The number of methoxy groups -OCH3 is 1. The van der Waals surface area contributed by atoms with Crippen LogP contribution in [-0.4, -0.2) is 12.2 Å². The van der Waals surface area contributed by atoms with Gasteiger partial charge in [-0.1, -0.05) is 11.6 Å². The SMILES string of the molecule is COc1c(F)c(CO)cc(C)c1Cl. The Morgan fingerprint density at radius 1 is 1.62 bits per heavy atom. The summed E-state index contributed by atoms with van der Waals surface area (Å²) in [5.41, 5.74) is 0.878. The lowest BCUT2D eigenvalue weighted by Gasteiger charge is -2.09. The summed E-state index contributed by atoms with van der Waals surface area (Å²) in [7, 11) is 1.34. The maximum atomic E-state index is 13.3. The second-order valence-corrected chi connectivity index (χ2v) is 3.05. The van der Waals surface area contributed by atoms with Gasteiger partial charge in [-0.05, 0) is 18.6 Å². The molecule has 1 rings (SSSR count). The van der Waals surface area contributed by atoms with Gasteiger partial charge in [0.2, 0.25) is 0 Å². The van der Waals surface area contributed by atoms with Crippen molar-refractivity contribution in [2.24, 2.45) is 0 Å². The topological polar surface area (TPSA) is 29.5 Å². The predicted octanol–water partition coefficient (Wildman–Crippen LogP) is 2.29. The molecular weight excluding hydrogens is 195 g/mol. The number of hydrogen-bond acceptors (Lipinski definition) is 2. The van der Waals surface area contributed by atoms with Gasteiger partial charge in [0.25, 0.3) is 0 Å². The fraction of sp³-hybridized carbons (Fsp3) is 0.333. The lowest BCUT2D eigenvalue weighted by molar-refractivity contribution is 0.272. The van der Waals surface area contributed by atoms with E-state index in [2.05, 4.69) is 0 Å². The molecule has 0 aliphatic heterocycles. The van der Waals surface area contributed by atoms with Gasteiger partial charge in [-0.3, -0.25) is 0 Å². The van der Waals surface area contributed by atoms with E-state index in [1.165, 1.54) is 13.2 Å². The van der Waals surface area contributed by atoms with Crippen LogP contribution in [0.15, 0.2) is 6.07 Å². The molecule has 13 heavy (non-hydrogen) atoms. The summed E-state index contributed by atoms with van der Waals surface area (Å²) < 4.78 is 18.1. The maximum Gasteiger partial charge on any atom is 0.173 e. The molecule has 0 unspecified atom stereocenters. The Bertz CT molecular complexity index is 326. The van der Waals surface area contributed by atoms with E-state index in [1.807, 2.05) is 0 Å². The van der Waals surface area contributed by atoms with Crippen LogP contribution in [0.3, 0.4) is 0 Å². The quantitative estimate of drug-likeness (QED) is 0.801. The van der Waals surface area contributed by atoms with Gasteiger partial charge in [0.15, 0.2) is 11.6 Å². The summed E-state index contributed by atoms with van der Waals surface area (Å²) in [4.78, 5) is 0. The minimum Gasteiger partial charge on any atom is -0.492 e. The molecule has 0 bridgehead atoms. The standard InChI is InChI=1S/C9H10ClFO2/c1-5-3-6(4-12)8(11)9(13-2)7(5)10/h3,12H,4H2,1-2H3. The van der Waals surface area contributed by atoms with Crippen molar-refractivity contribution in [3.63, 3.8) is 0 Å². The minimum atomic E-state index is -0.597. The fourth-order valence-corrected chi connectivity index (χ4v) is 1.32. The highest BCUT2D eigenvalue weighted by Gasteiger charge is 2.14. The summed E-state index contributed by atoms with van der Waals surface area (Å²) in [6.07, 6.45) is 0. The third kappa shape index (κ3) is 1.76. The Hall–Kier alpha value is -0.800. The van der Waals surface area contributed by atoms with Crippen molar-refractivity contribution in [2.45, 2.75) is 13.5 Å². The van der Waals surface area contributed by atoms with Crippen LogP contribution >= 0.6 is 11.6 Å². The third-order valence-electron chi connectivity index (χ3n) is 1.79. The zero-order valence-electron chi connectivity index (χ0n) is 7.40. The molecule has 0 spiro atoms. The van der Waals surface area contributed by atoms with Crippen molar-refractivity contribution in [3.8, 4) is 5.75 Å². The number of aryl methyl sites for hydroxylation is 1. The largest absolute Gasteiger partial charge is 0.492 e. The van der Waals surface area contributed by atoms with Crippen LogP contribution in [-0.2, 0) is 6.61 Å². The molecule has 0 heterocycles. The van der Waals surface area contributed by atoms with Crippen molar-refractivity contribution in [1.82, 2.24) is 0 Å². The zero-order valence-corrected chi connectivity index (χ0v) is 8.15. The molecule has 2 nitrogen and oxygen atoms in total. The van der Waals surface area contributed by atoms with Gasteiger partial charge in [0, 0.05) is 5.56 Å². The first kappa shape index (κ1) is 10.3. The van der Waals surface area contributed by atoms with Crippen molar-refractivity contribution in [2.75, 3.05) is 7.11 Å². The van der Waals surface area contributed by atoms with E-state index < -0.39 is 5.82 Å². The van der Waals surface area contributed by atoms with E-state index in [1.54, 1.807) is 6.92 Å². The number of rotatable bonds is 2. The van der Waals surface area contributed by atoms with Crippen molar-refractivity contribution < 1.29 is 14.2 Å². The Labute approximate surface area is 80.9 Å². The molecule has 4 heteroatoms. The predicted molar refractivity (Wildman–Crippen MR) is 48.6 cm³/mol. The fourth-order valence-electron chi connectivity index (χ4n) is 1.10. The molecule has 0 saturated carbocycles. The first-order valence-corrected chi connectivity index (χ1v) is 4.12. The monoisotopic (exact) mass is 204 g/mol. The molecule has 0 aromatic heterocycles. The average molecular weight is 205 g/mol. The Kier molecular flexibility index (Phi) is 3.12. The first-order chi connectivity index (χ1) is 6.11. The van der Waals surface area contributed by atoms with Crippen molar-refractivity contribution >= 4 is 11.6 Å². The van der Waals surface area contributed by atoms with Crippen LogP contribution < -0.4 is 4.74 Å². The molecule has 0 amide bonds. The number of benzene rings is 1. The third-order valence-corrected chi connectivity index (χ3v) is 2.26. The van der Waals surface area contributed by atoms with E-state index in [-0.39, 0.29) is 22.9 Å². The molecule has 0 saturated heterocycles. The molecule has 1 N–H and O–H groups in total. The summed E-state index contributed by atoms with van der Waals surface area (Å²) >= 11 is 5.78. The van der Waals surface area contributed by atoms with Gasteiger partial charge in [-0.2, -0.15) is 0 Å². The molecule has 0 aliphatic carbocycles. The van der Waals surface area contributed by atoms with Gasteiger partial charge >= 0.3 is 0 Å². The Morgan fingerprint density at radius 3 is 2.69 bits per heavy atom. The van der Waals surface area contributed by atoms with Crippen molar-refractivity contribution in [1.29, 1.82) is 0 Å². The Balaban J connectivity index is 3.39. The zero-order chi connectivity index (χ0) is 10.0. The lowest BCUT2D eigenvalue weighted by Crippen LogP contribution is -1.97. The van der Waals surface area contributed by atoms with Crippen LogP contribution in [0.5, 0.6) is 5.75 Å². The molecule has 72 valence electrons. The number of aliphatic hydroxyl groups excluding tert-OH is 1. The van der Waals surface area contributed by atoms with Crippen LogP contribution in [0.25, 0.3) is 0 Å². The normalized spacial score (nSPS) is 10.2.